The predicted molar refractivity (Wildman–Crippen MR) is 128 cm³/mol. The fourth-order valence-corrected chi connectivity index (χ4v) is 4.57. The molecule has 0 amide bonds. The van der Waals surface area contributed by atoms with Crippen LogP contribution in [0.15, 0.2) is 36.4 Å². The van der Waals surface area contributed by atoms with E-state index in [-0.39, 0.29) is 5.54 Å². The predicted octanol–water partition coefficient (Wildman–Crippen LogP) is 8.97. The molecule has 1 aromatic heterocycles. The van der Waals surface area contributed by atoms with E-state index < -0.39 is 0 Å². The molecule has 0 radical (unpaired) electrons. The summed E-state index contributed by atoms with van der Waals surface area (Å²) in [6.07, 6.45) is 20.7. The Morgan fingerprint density at radius 1 is 0.821 bits per heavy atom. The molecule has 0 spiro atoms. The van der Waals surface area contributed by atoms with E-state index in [4.69, 9.17) is 0 Å². The SMILES string of the molecule is C/C=C\c1c(/C=C\C)n(C(C)(CCCCC)CCCCCC)c2ccccc12. The Morgan fingerprint density at radius 2 is 1.43 bits per heavy atom. The summed E-state index contributed by atoms with van der Waals surface area (Å²) in [6.45, 7) is 11.4. The van der Waals surface area contributed by atoms with Crippen LogP contribution in [0.1, 0.15) is 104 Å². The van der Waals surface area contributed by atoms with Crippen LogP contribution in [-0.2, 0) is 5.54 Å². The van der Waals surface area contributed by atoms with Crippen LogP contribution < -0.4 is 0 Å². The molecule has 1 heterocycles. The van der Waals surface area contributed by atoms with Crippen LogP contribution in [0.25, 0.3) is 23.1 Å². The number of hydrogen-bond acceptors (Lipinski definition) is 0. The maximum atomic E-state index is 2.68. The van der Waals surface area contributed by atoms with Gasteiger partial charge in [0.05, 0.1) is 0 Å². The number of aromatic nitrogens is 1. The summed E-state index contributed by atoms with van der Waals surface area (Å²) < 4.78 is 2.68. The maximum Gasteiger partial charge on any atom is 0.0496 e. The van der Waals surface area contributed by atoms with Crippen molar-refractivity contribution in [3.63, 3.8) is 0 Å². The Labute approximate surface area is 173 Å². The average Bonchev–Trinajstić information content (AvgIpc) is 3.00. The minimum atomic E-state index is 0.164. The average molecular weight is 380 g/mol. The van der Waals surface area contributed by atoms with Crippen LogP contribution in [0.5, 0.6) is 0 Å². The van der Waals surface area contributed by atoms with Gasteiger partial charge >= 0.3 is 0 Å². The lowest BCUT2D eigenvalue weighted by atomic mass is 9.87. The van der Waals surface area contributed by atoms with Gasteiger partial charge in [-0.1, -0.05) is 95.2 Å². The zero-order chi connectivity index (χ0) is 20.4. The Hall–Kier alpha value is -1.76. The first kappa shape index (κ1) is 22.5. The van der Waals surface area contributed by atoms with Gasteiger partial charge in [0.25, 0.3) is 0 Å². The first-order chi connectivity index (χ1) is 13.6. The maximum absolute atomic E-state index is 2.68. The lowest BCUT2D eigenvalue weighted by Crippen LogP contribution is -2.31. The molecule has 1 nitrogen and oxygen atoms in total. The van der Waals surface area contributed by atoms with Crippen LogP contribution in [-0.4, -0.2) is 4.57 Å². The highest BCUT2D eigenvalue weighted by Crippen LogP contribution is 2.39. The van der Waals surface area contributed by atoms with Gasteiger partial charge in [0.2, 0.25) is 0 Å². The second-order valence-electron chi connectivity index (χ2n) is 8.42. The number of fused-ring (bicyclic) bond motifs is 1. The minimum absolute atomic E-state index is 0.164. The third-order valence-corrected chi connectivity index (χ3v) is 6.04. The number of rotatable bonds is 12. The standard InChI is InChI=1S/C27H41N/c1-6-10-12-16-22-27(5,21-15-11-7-2)28-25(18-9-4)23(17-8-3)24-19-13-14-20-26(24)28/h8-9,13-14,17-20H,6-7,10-12,15-16,21-22H2,1-5H3/b17-8-,18-9-. The first-order valence-electron chi connectivity index (χ1n) is 11.5. The van der Waals surface area contributed by atoms with E-state index in [1.54, 1.807) is 0 Å². The fraction of sp³-hybridized carbons (Fsp3) is 0.556. The quantitative estimate of drug-likeness (QED) is 0.324. The zero-order valence-corrected chi connectivity index (χ0v) is 18.9. The van der Waals surface area contributed by atoms with E-state index in [0.29, 0.717) is 0 Å². The van der Waals surface area contributed by atoms with E-state index in [0.717, 1.165) is 0 Å². The molecule has 2 aromatic rings. The second-order valence-corrected chi connectivity index (χ2v) is 8.42. The minimum Gasteiger partial charge on any atom is -0.335 e. The van der Waals surface area contributed by atoms with Crippen molar-refractivity contribution in [2.75, 3.05) is 0 Å². The number of benzene rings is 1. The Balaban J connectivity index is 2.60. The summed E-state index contributed by atoms with van der Waals surface area (Å²) >= 11 is 0. The van der Waals surface area contributed by atoms with Gasteiger partial charge in [-0.05, 0) is 45.8 Å². The van der Waals surface area contributed by atoms with Gasteiger partial charge in [0, 0.05) is 27.7 Å². The molecule has 154 valence electrons. The molecule has 0 N–H and O–H groups in total. The molecule has 1 heteroatoms. The zero-order valence-electron chi connectivity index (χ0n) is 18.9. The molecule has 2 rings (SSSR count). The van der Waals surface area contributed by atoms with E-state index in [1.807, 2.05) is 0 Å². The molecule has 0 aliphatic carbocycles. The van der Waals surface area contributed by atoms with Crippen molar-refractivity contribution in [2.45, 2.75) is 97.9 Å². The smallest absolute Gasteiger partial charge is 0.0496 e. The van der Waals surface area contributed by atoms with Gasteiger partial charge < -0.3 is 4.57 Å². The van der Waals surface area contributed by atoms with Crippen LogP contribution in [0.3, 0.4) is 0 Å². The van der Waals surface area contributed by atoms with E-state index >= 15 is 0 Å². The highest BCUT2D eigenvalue weighted by molar-refractivity contribution is 5.94. The number of unbranched alkanes of at least 4 members (excludes halogenated alkanes) is 5. The largest absolute Gasteiger partial charge is 0.335 e. The van der Waals surface area contributed by atoms with Crippen molar-refractivity contribution in [3.8, 4) is 0 Å². The molecular formula is C27H41N. The van der Waals surface area contributed by atoms with Gasteiger partial charge in [-0.3, -0.25) is 0 Å². The van der Waals surface area contributed by atoms with Crippen molar-refractivity contribution in [3.05, 3.63) is 47.7 Å². The Morgan fingerprint density at radius 3 is 2.07 bits per heavy atom. The highest BCUT2D eigenvalue weighted by Gasteiger charge is 2.30. The normalized spacial score (nSPS) is 14.5. The van der Waals surface area contributed by atoms with Gasteiger partial charge in [-0.15, -0.1) is 0 Å². The third kappa shape index (κ3) is 5.19. The van der Waals surface area contributed by atoms with Crippen molar-refractivity contribution < 1.29 is 0 Å². The molecule has 0 fully saturated rings. The molecule has 0 saturated heterocycles. The molecule has 1 aromatic carbocycles. The molecule has 0 aliphatic rings. The first-order valence-corrected chi connectivity index (χ1v) is 11.5. The van der Waals surface area contributed by atoms with Crippen molar-refractivity contribution in [1.82, 2.24) is 4.57 Å². The van der Waals surface area contributed by atoms with E-state index in [1.165, 1.54) is 79.9 Å². The van der Waals surface area contributed by atoms with Crippen LogP contribution >= 0.6 is 0 Å². The summed E-state index contributed by atoms with van der Waals surface area (Å²) in [7, 11) is 0. The van der Waals surface area contributed by atoms with Crippen LogP contribution in [0.4, 0.5) is 0 Å². The monoisotopic (exact) mass is 379 g/mol. The van der Waals surface area contributed by atoms with Gasteiger partial charge in [-0.25, -0.2) is 0 Å². The molecule has 0 saturated carbocycles. The van der Waals surface area contributed by atoms with Crippen LogP contribution in [0.2, 0.25) is 0 Å². The second kappa shape index (κ2) is 11.3. The molecule has 1 atom stereocenters. The summed E-state index contributed by atoms with van der Waals surface area (Å²) in [4.78, 5) is 0. The summed E-state index contributed by atoms with van der Waals surface area (Å²) in [6, 6.07) is 8.98. The number of nitrogens with zero attached hydrogens (tertiary/aromatic N) is 1. The molecular weight excluding hydrogens is 338 g/mol. The topological polar surface area (TPSA) is 4.93 Å². The summed E-state index contributed by atoms with van der Waals surface area (Å²) in [5.41, 5.74) is 4.29. The number of allylic oxidation sites excluding steroid dienone is 2. The molecule has 1 unspecified atom stereocenters. The third-order valence-electron chi connectivity index (χ3n) is 6.04. The van der Waals surface area contributed by atoms with Crippen molar-refractivity contribution in [1.29, 1.82) is 0 Å². The number of hydrogen-bond donors (Lipinski definition) is 0. The van der Waals surface area contributed by atoms with E-state index in [2.05, 4.69) is 87.8 Å². The van der Waals surface area contributed by atoms with Crippen molar-refractivity contribution >= 4 is 23.1 Å². The molecule has 0 bridgehead atoms. The summed E-state index contributed by atoms with van der Waals surface area (Å²) in [5, 5.41) is 1.38. The van der Waals surface area contributed by atoms with Gasteiger partial charge in [0.1, 0.15) is 0 Å². The van der Waals surface area contributed by atoms with Gasteiger partial charge in [0.15, 0.2) is 0 Å². The number of para-hydroxylation sites is 1. The Bertz CT molecular complexity index is 777. The van der Waals surface area contributed by atoms with E-state index in [9.17, 15) is 0 Å². The Kier molecular flexibility index (Phi) is 9.09. The summed E-state index contributed by atoms with van der Waals surface area (Å²) in [5.74, 6) is 0. The lowest BCUT2D eigenvalue weighted by Gasteiger charge is -2.35. The lowest BCUT2D eigenvalue weighted by molar-refractivity contribution is 0.258. The van der Waals surface area contributed by atoms with Gasteiger partial charge in [-0.2, -0.15) is 0 Å². The van der Waals surface area contributed by atoms with Crippen LogP contribution in [0, 0.1) is 0 Å². The highest BCUT2D eigenvalue weighted by atomic mass is 15.1. The molecule has 0 aliphatic heterocycles. The fourth-order valence-electron chi connectivity index (χ4n) is 4.57. The molecule has 28 heavy (non-hydrogen) atoms. The van der Waals surface area contributed by atoms with Crippen molar-refractivity contribution in [2.24, 2.45) is 0 Å².